The van der Waals surface area contributed by atoms with Gasteiger partial charge in [-0.15, -0.1) is 0 Å². The molecular formula is C15H29N3O. The van der Waals surface area contributed by atoms with Crippen molar-refractivity contribution in [3.05, 3.63) is 0 Å². The molecule has 2 fully saturated rings. The molecule has 4 heteroatoms. The van der Waals surface area contributed by atoms with Gasteiger partial charge in [-0.3, -0.25) is 9.69 Å². The first-order valence-corrected chi connectivity index (χ1v) is 7.98. The van der Waals surface area contributed by atoms with E-state index in [1.165, 1.54) is 32.1 Å². The quantitative estimate of drug-likeness (QED) is 0.808. The Morgan fingerprint density at radius 3 is 2.79 bits per heavy atom. The molecule has 1 saturated heterocycles. The molecule has 2 aliphatic rings. The van der Waals surface area contributed by atoms with Crippen LogP contribution in [0.2, 0.25) is 0 Å². The molecule has 1 aliphatic carbocycles. The van der Waals surface area contributed by atoms with Crippen LogP contribution in [-0.4, -0.2) is 49.6 Å². The van der Waals surface area contributed by atoms with Crippen molar-refractivity contribution in [2.24, 2.45) is 5.92 Å². The minimum absolute atomic E-state index is 0.208. The molecule has 19 heavy (non-hydrogen) atoms. The molecule has 4 nitrogen and oxygen atoms in total. The van der Waals surface area contributed by atoms with Gasteiger partial charge in [-0.25, -0.2) is 0 Å². The van der Waals surface area contributed by atoms with Gasteiger partial charge in [0.25, 0.3) is 0 Å². The smallest absolute Gasteiger partial charge is 0.234 e. The van der Waals surface area contributed by atoms with Gasteiger partial charge in [0.15, 0.2) is 0 Å². The standard InChI is InChI=1S/C15H29N3O/c1-13(14-6-3-2-4-7-14)17-15(19)12-18-10-5-8-16-9-11-18/h13-14,16H,2-12H2,1H3,(H,17,19)/t13-/m1/s1. The summed E-state index contributed by atoms with van der Waals surface area (Å²) in [6.07, 6.45) is 7.76. The second kappa shape index (κ2) is 7.85. The Labute approximate surface area is 117 Å². The van der Waals surface area contributed by atoms with Gasteiger partial charge in [0, 0.05) is 19.1 Å². The van der Waals surface area contributed by atoms with Crippen LogP contribution in [0.4, 0.5) is 0 Å². The molecule has 1 aliphatic heterocycles. The van der Waals surface area contributed by atoms with Gasteiger partial charge in [0.05, 0.1) is 6.54 Å². The lowest BCUT2D eigenvalue weighted by molar-refractivity contribution is -0.123. The zero-order valence-electron chi connectivity index (χ0n) is 12.3. The average molecular weight is 267 g/mol. The Morgan fingerprint density at radius 2 is 2.00 bits per heavy atom. The lowest BCUT2D eigenvalue weighted by Crippen LogP contribution is -2.44. The van der Waals surface area contributed by atoms with Crippen molar-refractivity contribution in [1.29, 1.82) is 0 Å². The molecule has 1 atom stereocenters. The fourth-order valence-electron chi connectivity index (χ4n) is 3.31. The van der Waals surface area contributed by atoms with Crippen LogP contribution < -0.4 is 10.6 Å². The molecule has 110 valence electrons. The number of amides is 1. The van der Waals surface area contributed by atoms with Crippen LogP contribution in [0, 0.1) is 5.92 Å². The third-order valence-electron chi connectivity index (χ3n) is 4.55. The van der Waals surface area contributed by atoms with E-state index in [0.29, 0.717) is 18.5 Å². The maximum absolute atomic E-state index is 12.1. The van der Waals surface area contributed by atoms with E-state index in [9.17, 15) is 4.79 Å². The van der Waals surface area contributed by atoms with Crippen molar-refractivity contribution in [1.82, 2.24) is 15.5 Å². The molecule has 2 rings (SSSR count). The normalized spacial score (nSPS) is 24.7. The van der Waals surface area contributed by atoms with Gasteiger partial charge in [0.2, 0.25) is 5.91 Å². The Morgan fingerprint density at radius 1 is 1.21 bits per heavy atom. The molecule has 1 amide bonds. The lowest BCUT2D eigenvalue weighted by Gasteiger charge is -2.29. The highest BCUT2D eigenvalue weighted by Crippen LogP contribution is 2.26. The molecule has 0 unspecified atom stereocenters. The van der Waals surface area contributed by atoms with Crippen LogP contribution in [0.25, 0.3) is 0 Å². The molecule has 2 N–H and O–H groups in total. The van der Waals surface area contributed by atoms with Gasteiger partial charge < -0.3 is 10.6 Å². The van der Waals surface area contributed by atoms with Gasteiger partial charge in [-0.05, 0) is 45.2 Å². The summed E-state index contributed by atoms with van der Waals surface area (Å²) in [5.41, 5.74) is 0. The average Bonchev–Trinajstić information content (AvgIpc) is 2.68. The summed E-state index contributed by atoms with van der Waals surface area (Å²) < 4.78 is 0. The zero-order chi connectivity index (χ0) is 13.5. The first kappa shape index (κ1) is 14.8. The van der Waals surface area contributed by atoms with Crippen molar-refractivity contribution in [2.75, 3.05) is 32.7 Å². The Balaban J connectivity index is 1.70. The highest BCUT2D eigenvalue weighted by molar-refractivity contribution is 5.78. The van der Waals surface area contributed by atoms with Crippen LogP contribution >= 0.6 is 0 Å². The van der Waals surface area contributed by atoms with E-state index in [2.05, 4.69) is 22.5 Å². The number of hydrogen-bond acceptors (Lipinski definition) is 3. The minimum atomic E-state index is 0.208. The second-order valence-electron chi connectivity index (χ2n) is 6.13. The number of nitrogens with one attached hydrogen (secondary N) is 2. The second-order valence-corrected chi connectivity index (χ2v) is 6.13. The van der Waals surface area contributed by atoms with E-state index in [4.69, 9.17) is 0 Å². The van der Waals surface area contributed by atoms with Crippen molar-refractivity contribution in [3.8, 4) is 0 Å². The summed E-state index contributed by atoms with van der Waals surface area (Å²) in [6, 6.07) is 0.345. The molecule has 0 spiro atoms. The summed E-state index contributed by atoms with van der Waals surface area (Å²) in [4.78, 5) is 14.4. The van der Waals surface area contributed by atoms with E-state index >= 15 is 0 Å². The number of carbonyl (C=O) groups is 1. The maximum atomic E-state index is 12.1. The number of rotatable bonds is 4. The summed E-state index contributed by atoms with van der Waals surface area (Å²) in [5, 5.41) is 6.59. The topological polar surface area (TPSA) is 44.4 Å². The SMILES string of the molecule is C[C@@H](NC(=O)CN1CCCNCC1)C1CCCCC1. The van der Waals surface area contributed by atoms with Crippen LogP contribution in [0.1, 0.15) is 45.4 Å². The molecule has 0 aromatic rings. The molecule has 0 aromatic carbocycles. The fourth-order valence-corrected chi connectivity index (χ4v) is 3.31. The minimum Gasteiger partial charge on any atom is -0.352 e. The predicted molar refractivity (Wildman–Crippen MR) is 78.1 cm³/mol. The van der Waals surface area contributed by atoms with Crippen molar-refractivity contribution >= 4 is 5.91 Å². The first-order chi connectivity index (χ1) is 9.25. The van der Waals surface area contributed by atoms with Gasteiger partial charge >= 0.3 is 0 Å². The fraction of sp³-hybridized carbons (Fsp3) is 0.933. The van der Waals surface area contributed by atoms with Crippen LogP contribution in [-0.2, 0) is 4.79 Å². The first-order valence-electron chi connectivity index (χ1n) is 7.98. The van der Waals surface area contributed by atoms with Gasteiger partial charge in [-0.2, -0.15) is 0 Å². The monoisotopic (exact) mass is 267 g/mol. The maximum Gasteiger partial charge on any atom is 0.234 e. The van der Waals surface area contributed by atoms with Crippen LogP contribution in [0.5, 0.6) is 0 Å². The highest BCUT2D eigenvalue weighted by Gasteiger charge is 2.22. The van der Waals surface area contributed by atoms with Crippen molar-refractivity contribution in [3.63, 3.8) is 0 Å². The van der Waals surface area contributed by atoms with Crippen LogP contribution in [0.3, 0.4) is 0 Å². The summed E-state index contributed by atoms with van der Waals surface area (Å²) in [6.45, 7) is 6.86. The largest absolute Gasteiger partial charge is 0.352 e. The molecule has 0 bridgehead atoms. The highest BCUT2D eigenvalue weighted by atomic mass is 16.2. The van der Waals surface area contributed by atoms with Crippen molar-refractivity contribution in [2.45, 2.75) is 51.5 Å². The zero-order valence-corrected chi connectivity index (χ0v) is 12.3. The Kier molecular flexibility index (Phi) is 6.11. The molecule has 1 saturated carbocycles. The van der Waals surface area contributed by atoms with Gasteiger partial charge in [0.1, 0.15) is 0 Å². The third kappa shape index (κ3) is 5.11. The summed E-state index contributed by atoms with van der Waals surface area (Å²) in [7, 11) is 0. The lowest BCUT2D eigenvalue weighted by atomic mass is 9.84. The van der Waals surface area contributed by atoms with Crippen LogP contribution in [0.15, 0.2) is 0 Å². The van der Waals surface area contributed by atoms with Gasteiger partial charge in [-0.1, -0.05) is 19.3 Å². The van der Waals surface area contributed by atoms with Crippen molar-refractivity contribution < 1.29 is 4.79 Å². The number of hydrogen-bond donors (Lipinski definition) is 2. The van der Waals surface area contributed by atoms with E-state index in [1.54, 1.807) is 0 Å². The third-order valence-corrected chi connectivity index (χ3v) is 4.55. The molecule has 1 heterocycles. The summed E-state index contributed by atoms with van der Waals surface area (Å²) >= 11 is 0. The Hall–Kier alpha value is -0.610. The molecule has 0 aromatic heterocycles. The van der Waals surface area contributed by atoms with E-state index in [0.717, 1.165) is 32.6 Å². The summed E-state index contributed by atoms with van der Waals surface area (Å²) in [5.74, 6) is 0.906. The van der Waals surface area contributed by atoms with E-state index < -0.39 is 0 Å². The molecular weight excluding hydrogens is 238 g/mol. The predicted octanol–water partition coefficient (Wildman–Crippen LogP) is 1.37. The molecule has 0 radical (unpaired) electrons. The number of nitrogens with zero attached hydrogens (tertiary/aromatic N) is 1. The van der Waals surface area contributed by atoms with E-state index in [-0.39, 0.29) is 5.91 Å². The Bertz CT molecular complexity index is 269. The van der Waals surface area contributed by atoms with E-state index in [1.807, 2.05) is 0 Å². The number of carbonyl (C=O) groups excluding carboxylic acids is 1.